The summed E-state index contributed by atoms with van der Waals surface area (Å²) in [7, 11) is 0. The molecule has 0 radical (unpaired) electrons. The SMILES string of the molecule is C#CCCCCOc1cc(C(=O)N[C@H]2C[C@@H](NC(=O)c3cc(OCCCCC#C)c(CCCN)c(OCCCCC#C)c3)C[C@@H](NC(=O)c3cc(OCCCCC#C)c(CCCN)c(OCCCCC#C)c3)C2)cc(OCCCCC#C)c1CCCN. The Morgan fingerprint density at radius 1 is 0.345 bits per heavy atom. The van der Waals surface area contributed by atoms with E-state index in [2.05, 4.69) is 51.5 Å². The van der Waals surface area contributed by atoms with Gasteiger partial charge in [-0.25, -0.2) is 0 Å². The highest BCUT2D eigenvalue weighted by Gasteiger charge is 2.34. The van der Waals surface area contributed by atoms with Gasteiger partial charge < -0.3 is 61.6 Å². The Morgan fingerprint density at radius 2 is 0.540 bits per heavy atom. The van der Waals surface area contributed by atoms with Gasteiger partial charge in [-0.2, -0.15) is 0 Å². The van der Waals surface area contributed by atoms with Crippen LogP contribution in [0.5, 0.6) is 34.5 Å². The Kier molecular flexibility index (Phi) is 35.9. The minimum absolute atomic E-state index is 0.317. The zero-order chi connectivity index (χ0) is 62.7. The molecule has 1 aliphatic carbocycles. The van der Waals surface area contributed by atoms with Crippen LogP contribution in [-0.2, 0) is 19.3 Å². The van der Waals surface area contributed by atoms with Gasteiger partial charge in [0.15, 0.2) is 0 Å². The van der Waals surface area contributed by atoms with Crippen LogP contribution in [0.1, 0.15) is 202 Å². The molecule has 9 N–H and O–H groups in total. The lowest BCUT2D eigenvalue weighted by Gasteiger charge is -2.36. The molecule has 15 nitrogen and oxygen atoms in total. The van der Waals surface area contributed by atoms with Crippen LogP contribution in [0.2, 0.25) is 0 Å². The summed E-state index contributed by atoms with van der Waals surface area (Å²) >= 11 is 0. The molecule has 87 heavy (non-hydrogen) atoms. The fraction of sp³-hybridized carbons (Fsp3) is 0.542. The number of nitrogens with one attached hydrogen (secondary N) is 3. The summed E-state index contributed by atoms with van der Waals surface area (Å²) in [5.74, 6) is 18.1. The zero-order valence-corrected chi connectivity index (χ0v) is 51.5. The topological polar surface area (TPSA) is 221 Å². The number of hydrogen-bond donors (Lipinski definition) is 6. The third-order valence-electron chi connectivity index (χ3n) is 14.7. The van der Waals surface area contributed by atoms with Gasteiger partial charge in [-0.15, -0.1) is 74.1 Å². The molecule has 0 heterocycles. The maximum atomic E-state index is 14.8. The molecule has 0 atom stereocenters. The number of rotatable bonds is 45. The summed E-state index contributed by atoms with van der Waals surface area (Å²) in [5.41, 5.74) is 21.5. The van der Waals surface area contributed by atoms with Crippen LogP contribution < -0.4 is 61.6 Å². The van der Waals surface area contributed by atoms with Crippen LogP contribution in [0.15, 0.2) is 36.4 Å². The molecule has 1 fully saturated rings. The standard InChI is InChI=1S/C72H96N6O9/c1-7-13-19-25-40-82-64-46-55(47-65(61(64)34-31-37-73)83-41-26-20-14-8-2)70(79)76-58-52-59(77-71(80)56-48-66(84-42-27-21-15-9-3)62(35-32-38-74)67(49-56)85-43-28-22-16-10-4)54-60(53-58)78-72(81)57-50-68(86-44-29-23-17-11-5)63(36-33-39-75)69(51-57)87-45-30-24-18-12-6/h1-6,46-51,58-60H,13-45,52-54,73-75H2,(H,76,79)(H,77,80)(H,78,81)/t58-,59+,60-. The molecule has 0 aromatic heterocycles. The first kappa shape index (κ1) is 71.6. The van der Waals surface area contributed by atoms with Gasteiger partial charge in [-0.05, 0) is 191 Å². The van der Waals surface area contributed by atoms with Crippen molar-refractivity contribution in [1.29, 1.82) is 0 Å². The normalized spacial score (nSPS) is 14.1. The van der Waals surface area contributed by atoms with E-state index in [1.165, 1.54) is 0 Å². The van der Waals surface area contributed by atoms with Crippen LogP contribution in [0.25, 0.3) is 0 Å². The monoisotopic (exact) mass is 1190 g/mol. The van der Waals surface area contributed by atoms with Crippen molar-refractivity contribution < 1.29 is 42.8 Å². The number of terminal acetylenes is 6. The largest absolute Gasteiger partial charge is 0.493 e. The van der Waals surface area contributed by atoms with Crippen LogP contribution in [0.3, 0.4) is 0 Å². The van der Waals surface area contributed by atoms with Gasteiger partial charge in [-0.1, -0.05) is 0 Å². The highest BCUT2D eigenvalue weighted by Crippen LogP contribution is 2.37. The first-order valence-corrected chi connectivity index (χ1v) is 31.5. The third-order valence-corrected chi connectivity index (χ3v) is 14.7. The first-order valence-electron chi connectivity index (χ1n) is 31.5. The van der Waals surface area contributed by atoms with Gasteiger partial charge in [-0.3, -0.25) is 14.4 Å². The fourth-order valence-corrected chi connectivity index (χ4v) is 10.1. The van der Waals surface area contributed by atoms with E-state index in [4.69, 9.17) is 84.2 Å². The highest BCUT2D eigenvalue weighted by atomic mass is 16.5. The lowest BCUT2D eigenvalue weighted by Crippen LogP contribution is -2.53. The molecule has 1 saturated carbocycles. The molecule has 3 aromatic carbocycles. The predicted octanol–water partition coefficient (Wildman–Crippen LogP) is 10.3. The summed E-state index contributed by atoms with van der Waals surface area (Å²) in [5, 5.41) is 9.84. The molecule has 3 amide bonds. The molecular weight excluding hydrogens is 1090 g/mol. The number of amides is 3. The minimum Gasteiger partial charge on any atom is -0.493 e. The molecule has 3 aromatic rings. The number of ether oxygens (including phenoxy) is 6. The van der Waals surface area contributed by atoms with E-state index in [-0.39, 0.29) is 17.7 Å². The molecule has 0 bridgehead atoms. The van der Waals surface area contributed by atoms with Crippen molar-refractivity contribution in [2.24, 2.45) is 17.2 Å². The summed E-state index contributed by atoms with van der Waals surface area (Å²) in [6.07, 6.45) is 50.6. The van der Waals surface area contributed by atoms with Crippen LogP contribution in [0, 0.1) is 74.1 Å². The second kappa shape index (κ2) is 43.7. The number of nitrogens with two attached hydrogens (primary N) is 3. The maximum Gasteiger partial charge on any atom is 0.251 e. The van der Waals surface area contributed by atoms with Crippen molar-refractivity contribution in [3.8, 4) is 109 Å². The summed E-state index contributed by atoms with van der Waals surface area (Å²) in [4.78, 5) is 44.5. The van der Waals surface area contributed by atoms with Gasteiger partial charge >= 0.3 is 0 Å². The van der Waals surface area contributed by atoms with Crippen LogP contribution in [-0.4, -0.2) is 95.1 Å². The first-order chi connectivity index (χ1) is 42.6. The van der Waals surface area contributed by atoms with E-state index >= 15 is 0 Å². The van der Waals surface area contributed by atoms with Crippen LogP contribution >= 0.6 is 0 Å². The van der Waals surface area contributed by atoms with E-state index in [1.807, 2.05) is 0 Å². The van der Waals surface area contributed by atoms with E-state index in [0.29, 0.717) is 245 Å². The zero-order valence-electron chi connectivity index (χ0n) is 51.5. The quantitative estimate of drug-likeness (QED) is 0.0230. The van der Waals surface area contributed by atoms with Crippen molar-refractivity contribution in [1.82, 2.24) is 16.0 Å². The van der Waals surface area contributed by atoms with Crippen molar-refractivity contribution in [3.63, 3.8) is 0 Å². The Hall–Kier alpha value is -7.89. The van der Waals surface area contributed by atoms with E-state index in [9.17, 15) is 14.4 Å². The summed E-state index contributed by atoms with van der Waals surface area (Å²) in [6, 6.07) is 8.83. The second-order valence-corrected chi connectivity index (χ2v) is 21.8. The molecule has 468 valence electrons. The van der Waals surface area contributed by atoms with E-state index in [1.54, 1.807) is 36.4 Å². The fourth-order valence-electron chi connectivity index (χ4n) is 10.1. The van der Waals surface area contributed by atoms with Crippen molar-refractivity contribution in [2.45, 2.75) is 191 Å². The van der Waals surface area contributed by atoms with Gasteiger partial charge in [0.1, 0.15) is 34.5 Å². The summed E-state index contributed by atoms with van der Waals surface area (Å²) < 4.78 is 38.5. The van der Waals surface area contributed by atoms with Crippen molar-refractivity contribution in [2.75, 3.05) is 59.3 Å². The Balaban J connectivity index is 1.80. The third kappa shape index (κ3) is 26.7. The molecule has 15 heteroatoms. The second-order valence-electron chi connectivity index (χ2n) is 21.8. The average Bonchev–Trinajstić information content (AvgIpc) is 2.61. The number of carbonyl (C=O) groups excluding carboxylic acids is 3. The van der Waals surface area contributed by atoms with Gasteiger partial charge in [0.2, 0.25) is 0 Å². The predicted molar refractivity (Wildman–Crippen MR) is 348 cm³/mol. The number of unbranched alkanes of at least 4 members (excludes halogenated alkanes) is 12. The molecular formula is C72H96N6O9. The van der Waals surface area contributed by atoms with E-state index < -0.39 is 18.1 Å². The molecule has 0 saturated heterocycles. The summed E-state index contributed by atoms with van der Waals surface area (Å²) in [6.45, 7) is 3.60. The van der Waals surface area contributed by atoms with Crippen molar-refractivity contribution in [3.05, 3.63) is 69.8 Å². The number of carbonyl (C=O) groups is 3. The lowest BCUT2D eigenvalue weighted by atomic mass is 9.86. The van der Waals surface area contributed by atoms with Crippen LogP contribution in [0.4, 0.5) is 0 Å². The van der Waals surface area contributed by atoms with Gasteiger partial charge in [0, 0.05) is 90.0 Å². The Labute approximate surface area is 520 Å². The maximum absolute atomic E-state index is 14.8. The molecule has 0 aliphatic heterocycles. The van der Waals surface area contributed by atoms with Crippen molar-refractivity contribution >= 4 is 17.7 Å². The highest BCUT2D eigenvalue weighted by molar-refractivity contribution is 5.97. The van der Waals surface area contributed by atoms with Gasteiger partial charge in [0.25, 0.3) is 17.7 Å². The Bertz CT molecular complexity index is 2400. The van der Waals surface area contributed by atoms with E-state index in [0.717, 1.165) is 55.2 Å². The smallest absolute Gasteiger partial charge is 0.251 e. The molecule has 1 aliphatic rings. The van der Waals surface area contributed by atoms with Gasteiger partial charge in [0.05, 0.1) is 39.6 Å². The number of hydrogen-bond acceptors (Lipinski definition) is 12. The average molecular weight is 1190 g/mol. The Morgan fingerprint density at radius 3 is 0.713 bits per heavy atom. The lowest BCUT2D eigenvalue weighted by molar-refractivity contribution is 0.0869. The molecule has 4 rings (SSSR count). The molecule has 0 unspecified atom stereocenters. The molecule has 0 spiro atoms. The number of benzene rings is 3. The minimum atomic E-state index is -0.551.